The van der Waals surface area contributed by atoms with E-state index < -0.39 is 0 Å². The molecule has 2 heterocycles. The van der Waals surface area contributed by atoms with Crippen molar-refractivity contribution in [3.05, 3.63) is 62.8 Å². The van der Waals surface area contributed by atoms with Crippen LogP contribution in [0.25, 0.3) is 10.6 Å². The molecule has 23 heavy (non-hydrogen) atoms. The number of hydrogen-bond acceptors (Lipinski definition) is 4. The smallest absolute Gasteiger partial charge is 0.228 e. The molecule has 0 fully saturated rings. The molecule has 1 amide bonds. The molecule has 1 aromatic carbocycles. The highest BCUT2D eigenvalue weighted by Crippen LogP contribution is 2.30. The first-order valence-corrected chi connectivity index (χ1v) is 9.28. The van der Waals surface area contributed by atoms with Crippen molar-refractivity contribution < 1.29 is 4.79 Å². The van der Waals surface area contributed by atoms with Crippen molar-refractivity contribution in [3.8, 4) is 10.6 Å². The molecule has 6 heteroatoms. The molecule has 0 atom stereocenters. The number of carbonyl (C=O) groups excluding carboxylic acids is 1. The van der Waals surface area contributed by atoms with Crippen molar-refractivity contribution in [3.63, 3.8) is 0 Å². The molecule has 0 aliphatic carbocycles. The Balaban J connectivity index is 1.67. The van der Waals surface area contributed by atoms with Crippen LogP contribution in [0, 0.1) is 0 Å². The third-order valence-corrected chi connectivity index (χ3v) is 5.40. The number of hydrogen-bond donors (Lipinski definition) is 0. The summed E-state index contributed by atoms with van der Waals surface area (Å²) in [5.41, 5.74) is 2.84. The number of benzene rings is 1. The van der Waals surface area contributed by atoms with Gasteiger partial charge < -0.3 is 4.90 Å². The SMILES string of the molecule is CN(Cc1ccsc1)C(=O)Cc1csc(-c2ccccc2Cl)n1. The molecule has 0 N–H and O–H groups in total. The summed E-state index contributed by atoms with van der Waals surface area (Å²) in [6.45, 7) is 0.629. The van der Waals surface area contributed by atoms with Gasteiger partial charge in [0.2, 0.25) is 5.91 Å². The van der Waals surface area contributed by atoms with E-state index in [9.17, 15) is 4.79 Å². The lowest BCUT2D eigenvalue weighted by Gasteiger charge is -2.15. The summed E-state index contributed by atoms with van der Waals surface area (Å²) in [5, 5.41) is 7.52. The van der Waals surface area contributed by atoms with Gasteiger partial charge in [0.15, 0.2) is 0 Å². The fraction of sp³-hybridized carbons (Fsp3) is 0.176. The predicted molar refractivity (Wildman–Crippen MR) is 97.1 cm³/mol. The van der Waals surface area contributed by atoms with Crippen LogP contribution in [0.2, 0.25) is 5.02 Å². The Kier molecular flexibility index (Phi) is 5.10. The lowest BCUT2D eigenvalue weighted by Crippen LogP contribution is -2.27. The topological polar surface area (TPSA) is 33.2 Å². The Morgan fingerprint density at radius 3 is 2.83 bits per heavy atom. The van der Waals surface area contributed by atoms with Crippen LogP contribution in [0.3, 0.4) is 0 Å². The van der Waals surface area contributed by atoms with Crippen molar-refractivity contribution in [2.45, 2.75) is 13.0 Å². The van der Waals surface area contributed by atoms with Gasteiger partial charge in [-0.3, -0.25) is 4.79 Å². The summed E-state index contributed by atoms with van der Waals surface area (Å²) in [7, 11) is 1.82. The van der Waals surface area contributed by atoms with Crippen molar-refractivity contribution in [1.82, 2.24) is 9.88 Å². The van der Waals surface area contributed by atoms with Crippen LogP contribution in [0.4, 0.5) is 0 Å². The molecule has 3 aromatic rings. The Hall–Kier alpha value is -1.69. The lowest BCUT2D eigenvalue weighted by molar-refractivity contribution is -0.129. The molecule has 3 nitrogen and oxygen atoms in total. The van der Waals surface area contributed by atoms with E-state index in [0.29, 0.717) is 18.0 Å². The number of nitrogens with zero attached hydrogens (tertiary/aromatic N) is 2. The number of carbonyl (C=O) groups is 1. The molecule has 0 bridgehead atoms. The average Bonchev–Trinajstić information content (AvgIpc) is 3.19. The van der Waals surface area contributed by atoms with Crippen molar-refractivity contribution in [2.24, 2.45) is 0 Å². The first-order valence-electron chi connectivity index (χ1n) is 7.08. The maximum absolute atomic E-state index is 12.3. The van der Waals surface area contributed by atoms with Gasteiger partial charge in [0.25, 0.3) is 0 Å². The minimum atomic E-state index is 0.0622. The third kappa shape index (κ3) is 3.99. The van der Waals surface area contributed by atoms with Crippen LogP contribution in [-0.2, 0) is 17.8 Å². The first-order chi connectivity index (χ1) is 11.1. The molecule has 118 valence electrons. The predicted octanol–water partition coefficient (Wildman–Crippen LogP) is 4.73. The third-order valence-electron chi connectivity index (χ3n) is 3.41. The molecule has 0 radical (unpaired) electrons. The zero-order valence-corrected chi connectivity index (χ0v) is 14.9. The normalized spacial score (nSPS) is 10.7. The monoisotopic (exact) mass is 362 g/mol. The number of halogens is 1. The minimum absolute atomic E-state index is 0.0622. The standard InChI is InChI=1S/C17H15ClN2OS2/c1-20(9-12-6-7-22-10-12)16(21)8-13-11-23-17(19-13)14-4-2-3-5-15(14)18/h2-7,10-11H,8-9H2,1H3. The van der Waals surface area contributed by atoms with E-state index in [-0.39, 0.29) is 5.91 Å². The van der Waals surface area contributed by atoms with Crippen LogP contribution < -0.4 is 0 Å². The Morgan fingerprint density at radius 1 is 1.26 bits per heavy atom. The van der Waals surface area contributed by atoms with Crippen molar-refractivity contribution >= 4 is 40.2 Å². The van der Waals surface area contributed by atoms with E-state index in [2.05, 4.69) is 10.4 Å². The summed E-state index contributed by atoms with van der Waals surface area (Å²) in [6.07, 6.45) is 0.307. The second-order valence-electron chi connectivity index (χ2n) is 5.18. The highest BCUT2D eigenvalue weighted by atomic mass is 35.5. The average molecular weight is 363 g/mol. The zero-order valence-electron chi connectivity index (χ0n) is 12.5. The summed E-state index contributed by atoms with van der Waals surface area (Å²) >= 11 is 9.35. The molecular formula is C17H15ClN2OS2. The van der Waals surface area contributed by atoms with Crippen LogP contribution in [-0.4, -0.2) is 22.8 Å². The summed E-state index contributed by atoms with van der Waals surface area (Å²) in [6, 6.07) is 9.64. The maximum atomic E-state index is 12.3. The van der Waals surface area contributed by atoms with Crippen LogP contribution in [0.1, 0.15) is 11.3 Å². The van der Waals surface area contributed by atoms with E-state index in [1.54, 1.807) is 16.2 Å². The molecule has 0 aliphatic heterocycles. The fourth-order valence-electron chi connectivity index (χ4n) is 2.18. The van der Waals surface area contributed by atoms with Gasteiger partial charge in [-0.15, -0.1) is 11.3 Å². The number of thiazole rings is 1. The first kappa shape index (κ1) is 16.2. The van der Waals surface area contributed by atoms with Gasteiger partial charge in [0.1, 0.15) is 5.01 Å². The molecule has 3 rings (SSSR count). The van der Waals surface area contributed by atoms with Crippen LogP contribution in [0.5, 0.6) is 0 Å². The molecule has 0 saturated carbocycles. The van der Waals surface area contributed by atoms with Crippen molar-refractivity contribution in [1.29, 1.82) is 0 Å². The van der Waals surface area contributed by atoms with Crippen LogP contribution >= 0.6 is 34.3 Å². The second kappa shape index (κ2) is 7.25. The van der Waals surface area contributed by atoms with E-state index in [1.807, 2.05) is 48.1 Å². The van der Waals surface area contributed by atoms with E-state index >= 15 is 0 Å². The zero-order chi connectivity index (χ0) is 16.2. The van der Waals surface area contributed by atoms with Gasteiger partial charge in [-0.25, -0.2) is 4.98 Å². The molecule has 0 unspecified atom stereocenters. The summed E-state index contributed by atoms with van der Waals surface area (Å²) in [5.74, 6) is 0.0622. The minimum Gasteiger partial charge on any atom is -0.341 e. The molecule has 2 aromatic heterocycles. The number of rotatable bonds is 5. The van der Waals surface area contributed by atoms with E-state index in [0.717, 1.165) is 21.8 Å². The number of thiophene rings is 1. The molecular weight excluding hydrogens is 348 g/mol. The number of likely N-dealkylation sites (N-methyl/N-ethyl adjacent to an activating group) is 1. The lowest BCUT2D eigenvalue weighted by atomic mass is 10.2. The Morgan fingerprint density at radius 2 is 2.09 bits per heavy atom. The highest BCUT2D eigenvalue weighted by molar-refractivity contribution is 7.13. The van der Waals surface area contributed by atoms with Gasteiger partial charge in [-0.05, 0) is 28.5 Å². The van der Waals surface area contributed by atoms with Gasteiger partial charge in [0.05, 0.1) is 17.1 Å². The quantitative estimate of drug-likeness (QED) is 0.657. The fourth-order valence-corrected chi connectivity index (χ4v) is 3.98. The summed E-state index contributed by atoms with van der Waals surface area (Å²) in [4.78, 5) is 18.6. The van der Waals surface area contributed by atoms with Crippen molar-refractivity contribution in [2.75, 3.05) is 7.05 Å². The second-order valence-corrected chi connectivity index (χ2v) is 7.23. The van der Waals surface area contributed by atoms with Gasteiger partial charge in [-0.2, -0.15) is 11.3 Å². The molecule has 0 saturated heterocycles. The Bertz CT molecular complexity index is 799. The van der Waals surface area contributed by atoms with E-state index in [4.69, 9.17) is 11.6 Å². The largest absolute Gasteiger partial charge is 0.341 e. The number of amides is 1. The molecule has 0 spiro atoms. The van der Waals surface area contributed by atoms with Gasteiger partial charge in [-0.1, -0.05) is 29.8 Å². The molecule has 0 aliphatic rings. The van der Waals surface area contributed by atoms with Crippen LogP contribution in [0.15, 0.2) is 46.5 Å². The van der Waals surface area contributed by atoms with Gasteiger partial charge in [0, 0.05) is 24.5 Å². The Labute approximate surface area is 148 Å². The summed E-state index contributed by atoms with van der Waals surface area (Å²) < 4.78 is 0. The van der Waals surface area contributed by atoms with E-state index in [1.165, 1.54) is 11.3 Å². The maximum Gasteiger partial charge on any atom is 0.228 e. The number of aromatic nitrogens is 1. The van der Waals surface area contributed by atoms with Gasteiger partial charge >= 0.3 is 0 Å². The highest BCUT2D eigenvalue weighted by Gasteiger charge is 2.14.